The number of hydrogen-bond donors (Lipinski definition) is 2. The number of ether oxygens (including phenoxy) is 1. The van der Waals surface area contributed by atoms with Crippen molar-refractivity contribution in [2.75, 3.05) is 19.0 Å². The van der Waals surface area contributed by atoms with Gasteiger partial charge in [-0.05, 0) is 37.1 Å². The van der Waals surface area contributed by atoms with Crippen LogP contribution in [0, 0.1) is 13.8 Å². The first-order valence-corrected chi connectivity index (χ1v) is 4.72. The maximum atomic E-state index is 10.6. The summed E-state index contributed by atoms with van der Waals surface area (Å²) in [5.74, 6) is 0.328. The lowest BCUT2D eigenvalue weighted by atomic mass is 10.1. The lowest BCUT2D eigenvalue weighted by Crippen LogP contribution is -2.22. The normalized spacial score (nSPS) is 9.80. The number of rotatable bonds is 4. The number of anilines is 1. The van der Waals surface area contributed by atoms with Gasteiger partial charge in [-0.3, -0.25) is 4.79 Å². The number of carbonyl (C=O) groups excluding carboxylic acids is 1. The second kappa shape index (κ2) is 4.68. The van der Waals surface area contributed by atoms with Crippen molar-refractivity contribution in [3.05, 3.63) is 23.3 Å². The second-order valence-corrected chi connectivity index (χ2v) is 3.46. The Kier molecular flexibility index (Phi) is 3.55. The van der Waals surface area contributed by atoms with E-state index in [4.69, 9.17) is 10.5 Å². The van der Waals surface area contributed by atoms with Crippen LogP contribution in [0.3, 0.4) is 0 Å². The quantitative estimate of drug-likeness (QED) is 0.781. The number of nitrogens with one attached hydrogen (secondary N) is 1. The third-order valence-electron chi connectivity index (χ3n) is 2.27. The Balaban J connectivity index is 2.94. The molecule has 0 bridgehead atoms. The highest BCUT2D eigenvalue weighted by molar-refractivity contribution is 5.79. The van der Waals surface area contributed by atoms with E-state index in [1.165, 1.54) is 0 Å². The van der Waals surface area contributed by atoms with Crippen LogP contribution in [-0.2, 0) is 4.79 Å². The molecule has 0 radical (unpaired) electrons. The minimum Gasteiger partial charge on any atom is -0.495 e. The van der Waals surface area contributed by atoms with E-state index in [0.29, 0.717) is 0 Å². The molecule has 1 aromatic carbocycles. The molecule has 15 heavy (non-hydrogen) atoms. The fourth-order valence-electron chi connectivity index (χ4n) is 1.28. The van der Waals surface area contributed by atoms with Crippen molar-refractivity contribution in [1.82, 2.24) is 0 Å². The van der Waals surface area contributed by atoms with E-state index in [1.807, 2.05) is 26.0 Å². The number of nitrogens with two attached hydrogens (primary N) is 1. The Morgan fingerprint density at radius 1 is 1.40 bits per heavy atom. The molecule has 0 spiro atoms. The van der Waals surface area contributed by atoms with Gasteiger partial charge in [-0.25, -0.2) is 0 Å². The summed E-state index contributed by atoms with van der Waals surface area (Å²) in [6.45, 7) is 4.12. The third kappa shape index (κ3) is 2.87. The number of methoxy groups -OCH3 is 1. The second-order valence-electron chi connectivity index (χ2n) is 3.46. The van der Waals surface area contributed by atoms with Crippen molar-refractivity contribution >= 4 is 11.6 Å². The molecule has 0 aliphatic rings. The summed E-state index contributed by atoms with van der Waals surface area (Å²) in [5, 5.41) is 2.93. The Hall–Kier alpha value is -1.71. The van der Waals surface area contributed by atoms with Crippen LogP contribution in [0.15, 0.2) is 12.1 Å². The summed E-state index contributed by atoms with van der Waals surface area (Å²) in [5.41, 5.74) is 8.14. The van der Waals surface area contributed by atoms with E-state index in [2.05, 4.69) is 5.32 Å². The van der Waals surface area contributed by atoms with Crippen LogP contribution in [0.5, 0.6) is 5.75 Å². The standard InChI is InChI=1S/C11H16N2O2/c1-7-4-9(13-6-11(12)14)10(15-3)5-8(7)2/h4-5,13H,6H2,1-3H3,(H2,12,14). The third-order valence-corrected chi connectivity index (χ3v) is 2.27. The molecule has 0 aliphatic heterocycles. The van der Waals surface area contributed by atoms with Crippen LogP contribution in [0.4, 0.5) is 5.69 Å². The van der Waals surface area contributed by atoms with Gasteiger partial charge in [0.15, 0.2) is 0 Å². The van der Waals surface area contributed by atoms with Gasteiger partial charge in [-0.1, -0.05) is 0 Å². The summed E-state index contributed by atoms with van der Waals surface area (Å²) in [6, 6.07) is 3.87. The average molecular weight is 208 g/mol. The van der Waals surface area contributed by atoms with Crippen LogP contribution < -0.4 is 15.8 Å². The van der Waals surface area contributed by atoms with E-state index in [-0.39, 0.29) is 6.54 Å². The molecule has 4 nitrogen and oxygen atoms in total. The topological polar surface area (TPSA) is 64.3 Å². The largest absolute Gasteiger partial charge is 0.495 e. The number of carbonyl (C=O) groups is 1. The predicted octanol–water partition coefficient (Wildman–Crippen LogP) is 1.21. The highest BCUT2D eigenvalue weighted by Crippen LogP contribution is 2.27. The maximum Gasteiger partial charge on any atom is 0.236 e. The van der Waals surface area contributed by atoms with Crippen molar-refractivity contribution in [2.24, 2.45) is 5.73 Å². The minimum absolute atomic E-state index is 0.110. The zero-order valence-electron chi connectivity index (χ0n) is 9.26. The van der Waals surface area contributed by atoms with Crippen molar-refractivity contribution in [1.29, 1.82) is 0 Å². The van der Waals surface area contributed by atoms with Gasteiger partial charge in [-0.2, -0.15) is 0 Å². The van der Waals surface area contributed by atoms with Gasteiger partial charge in [0.05, 0.1) is 19.3 Å². The molecule has 1 aromatic rings. The fraction of sp³-hybridized carbons (Fsp3) is 0.364. The molecule has 4 heteroatoms. The van der Waals surface area contributed by atoms with Crippen molar-refractivity contribution in [3.8, 4) is 5.75 Å². The zero-order valence-corrected chi connectivity index (χ0v) is 9.26. The van der Waals surface area contributed by atoms with Crippen molar-refractivity contribution < 1.29 is 9.53 Å². The maximum absolute atomic E-state index is 10.6. The van der Waals surface area contributed by atoms with E-state index >= 15 is 0 Å². The molecule has 3 N–H and O–H groups in total. The van der Waals surface area contributed by atoms with Crippen LogP contribution >= 0.6 is 0 Å². The molecule has 0 saturated carbocycles. The Bertz CT molecular complexity index is 375. The minimum atomic E-state index is -0.393. The fourth-order valence-corrected chi connectivity index (χ4v) is 1.28. The van der Waals surface area contributed by atoms with E-state index in [0.717, 1.165) is 22.6 Å². The zero-order chi connectivity index (χ0) is 11.4. The van der Waals surface area contributed by atoms with Gasteiger partial charge >= 0.3 is 0 Å². The Morgan fingerprint density at radius 2 is 2.00 bits per heavy atom. The monoisotopic (exact) mass is 208 g/mol. The molecule has 0 unspecified atom stereocenters. The summed E-state index contributed by atoms with van der Waals surface area (Å²) in [6.07, 6.45) is 0. The van der Waals surface area contributed by atoms with Crippen LogP contribution in [0.25, 0.3) is 0 Å². The van der Waals surface area contributed by atoms with Crippen molar-refractivity contribution in [3.63, 3.8) is 0 Å². The van der Waals surface area contributed by atoms with Gasteiger partial charge in [-0.15, -0.1) is 0 Å². The van der Waals surface area contributed by atoms with E-state index in [9.17, 15) is 4.79 Å². The number of amides is 1. The Morgan fingerprint density at radius 3 is 2.53 bits per heavy atom. The molecule has 0 aromatic heterocycles. The molecular weight excluding hydrogens is 192 g/mol. The SMILES string of the molecule is COc1cc(C)c(C)cc1NCC(N)=O. The lowest BCUT2D eigenvalue weighted by Gasteiger charge is -2.12. The smallest absolute Gasteiger partial charge is 0.236 e. The Labute approximate surface area is 89.4 Å². The molecule has 1 rings (SSSR count). The first-order valence-electron chi connectivity index (χ1n) is 4.72. The summed E-state index contributed by atoms with van der Waals surface area (Å²) in [4.78, 5) is 10.6. The highest BCUT2D eigenvalue weighted by atomic mass is 16.5. The number of primary amides is 1. The van der Waals surface area contributed by atoms with Gasteiger partial charge < -0.3 is 15.8 Å². The predicted molar refractivity (Wildman–Crippen MR) is 60.2 cm³/mol. The molecule has 0 fully saturated rings. The van der Waals surface area contributed by atoms with Gasteiger partial charge in [0.1, 0.15) is 5.75 Å². The molecule has 0 saturated heterocycles. The highest BCUT2D eigenvalue weighted by Gasteiger charge is 2.05. The number of aryl methyl sites for hydroxylation is 2. The van der Waals surface area contributed by atoms with Crippen LogP contribution in [0.1, 0.15) is 11.1 Å². The summed E-state index contributed by atoms with van der Waals surface area (Å²) in [7, 11) is 1.60. The van der Waals surface area contributed by atoms with Crippen LogP contribution in [0.2, 0.25) is 0 Å². The molecule has 1 amide bonds. The first-order chi connectivity index (χ1) is 7.04. The molecule has 82 valence electrons. The number of hydrogen-bond acceptors (Lipinski definition) is 3. The average Bonchev–Trinajstić information content (AvgIpc) is 2.19. The molecule has 0 atom stereocenters. The van der Waals surface area contributed by atoms with Crippen molar-refractivity contribution in [2.45, 2.75) is 13.8 Å². The lowest BCUT2D eigenvalue weighted by molar-refractivity contribution is -0.116. The van der Waals surface area contributed by atoms with Crippen LogP contribution in [-0.4, -0.2) is 19.6 Å². The summed E-state index contributed by atoms with van der Waals surface area (Å²) < 4.78 is 5.20. The number of benzene rings is 1. The molecule has 0 heterocycles. The van der Waals surface area contributed by atoms with E-state index in [1.54, 1.807) is 7.11 Å². The van der Waals surface area contributed by atoms with Gasteiger partial charge in [0.2, 0.25) is 5.91 Å². The first kappa shape index (κ1) is 11.4. The molecular formula is C11H16N2O2. The van der Waals surface area contributed by atoms with E-state index < -0.39 is 5.91 Å². The van der Waals surface area contributed by atoms with Gasteiger partial charge in [0.25, 0.3) is 0 Å². The van der Waals surface area contributed by atoms with Gasteiger partial charge in [0, 0.05) is 0 Å². The molecule has 0 aliphatic carbocycles. The summed E-state index contributed by atoms with van der Waals surface area (Å²) >= 11 is 0.